The maximum atomic E-state index is 12.4. The summed E-state index contributed by atoms with van der Waals surface area (Å²) in [5.41, 5.74) is 1.79. The first-order valence-electron chi connectivity index (χ1n) is 6.73. The predicted octanol–water partition coefficient (Wildman–Crippen LogP) is 3.39. The summed E-state index contributed by atoms with van der Waals surface area (Å²) in [5.74, 6) is -1.76. The number of nitrogens with one attached hydrogen (secondary N) is 1. The molecule has 0 saturated heterocycles. The van der Waals surface area contributed by atoms with Crippen LogP contribution in [0.2, 0.25) is 0 Å². The number of alkyl halides is 3. The van der Waals surface area contributed by atoms with Gasteiger partial charge in [-0.2, -0.15) is 13.2 Å². The lowest BCUT2D eigenvalue weighted by Crippen LogP contribution is -2.43. The fourth-order valence-electron chi connectivity index (χ4n) is 2.07. The number of hydrogen-bond acceptors (Lipinski definition) is 3. The van der Waals surface area contributed by atoms with E-state index in [4.69, 9.17) is 0 Å². The molecule has 0 unspecified atom stereocenters. The molecule has 0 bridgehead atoms. The van der Waals surface area contributed by atoms with Crippen LogP contribution < -0.4 is 4.72 Å². The third-order valence-corrected chi connectivity index (χ3v) is 3.63. The van der Waals surface area contributed by atoms with Crippen LogP contribution in [0.3, 0.4) is 0 Å². The minimum absolute atomic E-state index is 0.0196. The molecule has 118 valence electrons. The zero-order chi connectivity index (χ0) is 16.0. The van der Waals surface area contributed by atoms with Gasteiger partial charge in [0, 0.05) is 18.0 Å². The molecule has 3 nitrogen and oxygen atoms in total. The summed E-state index contributed by atoms with van der Waals surface area (Å²) in [6.07, 6.45) is -4.34. The fraction of sp³-hybridized carbons (Fsp3) is 0.500. The van der Waals surface area contributed by atoms with Crippen molar-refractivity contribution in [3.8, 4) is 0 Å². The number of carbonyl (C=O) groups excluding carboxylic acids is 1. The van der Waals surface area contributed by atoms with E-state index >= 15 is 0 Å². The Morgan fingerprint density at radius 2 is 1.95 bits per heavy atom. The van der Waals surface area contributed by atoms with Crippen molar-refractivity contribution in [1.82, 2.24) is 9.62 Å². The highest BCUT2D eigenvalue weighted by Gasteiger charge is 2.43. The molecule has 0 aromatic heterocycles. The van der Waals surface area contributed by atoms with Gasteiger partial charge in [0.25, 0.3) is 0 Å². The molecule has 0 atom stereocenters. The number of fused-ring (bicyclic) bond motifs is 1. The summed E-state index contributed by atoms with van der Waals surface area (Å²) >= 11 is 1.39. The molecule has 0 spiro atoms. The van der Waals surface area contributed by atoms with E-state index < -0.39 is 12.1 Å². The van der Waals surface area contributed by atoms with Crippen LogP contribution in [0.1, 0.15) is 25.0 Å². The molecule has 7 heteroatoms. The average Bonchev–Trinajstić information content (AvgIpc) is 2.47. The number of rotatable bonds is 2. The van der Waals surface area contributed by atoms with Crippen molar-refractivity contribution in [2.45, 2.75) is 37.9 Å². The molecular formula is C14H19F3N2OS. The number of hydrogen-bond donors (Lipinski definition) is 1. The van der Waals surface area contributed by atoms with Gasteiger partial charge in [-0.1, -0.05) is 19.9 Å². The third-order valence-electron chi connectivity index (χ3n) is 2.94. The van der Waals surface area contributed by atoms with Crippen LogP contribution >= 0.6 is 11.9 Å². The van der Waals surface area contributed by atoms with Gasteiger partial charge in [-0.3, -0.25) is 9.52 Å². The number of halogens is 3. The van der Waals surface area contributed by atoms with Gasteiger partial charge in [0.15, 0.2) is 0 Å². The van der Waals surface area contributed by atoms with E-state index in [1.807, 2.05) is 32.0 Å². The Kier molecular flexibility index (Phi) is 6.54. The minimum atomic E-state index is -4.80. The zero-order valence-corrected chi connectivity index (χ0v) is 13.1. The summed E-state index contributed by atoms with van der Waals surface area (Å²) in [7, 11) is 1.77. The first-order valence-corrected chi connectivity index (χ1v) is 7.55. The second-order valence-electron chi connectivity index (χ2n) is 4.21. The lowest BCUT2D eigenvalue weighted by atomic mass is 10.00. The van der Waals surface area contributed by atoms with Crippen molar-refractivity contribution in [2.75, 3.05) is 13.6 Å². The highest BCUT2D eigenvalue weighted by Crippen LogP contribution is 2.27. The minimum Gasteiger partial charge on any atom is -0.330 e. The Morgan fingerprint density at radius 3 is 2.52 bits per heavy atom. The number of carbonyl (C=O) groups is 1. The number of amides is 1. The Morgan fingerprint density at radius 1 is 1.29 bits per heavy atom. The number of benzene rings is 1. The second-order valence-corrected chi connectivity index (χ2v) is 5.29. The van der Waals surface area contributed by atoms with Gasteiger partial charge in [0.1, 0.15) is 0 Å². The van der Waals surface area contributed by atoms with E-state index in [0.717, 1.165) is 20.9 Å². The maximum Gasteiger partial charge on any atom is 0.471 e. The quantitative estimate of drug-likeness (QED) is 0.848. The lowest BCUT2D eigenvalue weighted by Gasteiger charge is -2.29. The van der Waals surface area contributed by atoms with Gasteiger partial charge in [0.05, 0.1) is 0 Å². The van der Waals surface area contributed by atoms with Crippen molar-refractivity contribution in [3.05, 3.63) is 29.3 Å². The van der Waals surface area contributed by atoms with E-state index in [1.54, 1.807) is 7.05 Å². The van der Waals surface area contributed by atoms with Gasteiger partial charge >= 0.3 is 12.1 Å². The maximum absolute atomic E-state index is 12.4. The van der Waals surface area contributed by atoms with Crippen molar-refractivity contribution >= 4 is 17.9 Å². The molecule has 1 heterocycles. The molecule has 0 radical (unpaired) electrons. The van der Waals surface area contributed by atoms with Crippen LogP contribution in [0.5, 0.6) is 0 Å². The second kappa shape index (κ2) is 7.70. The van der Waals surface area contributed by atoms with Gasteiger partial charge < -0.3 is 4.90 Å². The first-order chi connectivity index (χ1) is 9.91. The Balaban J connectivity index is 0.00000106. The molecule has 1 aromatic rings. The molecule has 0 fully saturated rings. The molecule has 2 rings (SSSR count). The van der Waals surface area contributed by atoms with Crippen LogP contribution in [0, 0.1) is 0 Å². The van der Waals surface area contributed by atoms with Crippen molar-refractivity contribution in [2.24, 2.45) is 0 Å². The van der Waals surface area contributed by atoms with Crippen molar-refractivity contribution < 1.29 is 18.0 Å². The summed E-state index contributed by atoms with van der Waals surface area (Å²) in [4.78, 5) is 13.0. The topological polar surface area (TPSA) is 32.3 Å². The van der Waals surface area contributed by atoms with Gasteiger partial charge in [-0.05, 0) is 48.7 Å². The molecule has 1 aliphatic heterocycles. The Bertz CT molecular complexity index is 492. The smallest absolute Gasteiger partial charge is 0.330 e. The molecule has 1 amide bonds. The van der Waals surface area contributed by atoms with Crippen LogP contribution in [0.15, 0.2) is 23.1 Å². The molecular weight excluding hydrogens is 301 g/mol. The summed E-state index contributed by atoms with van der Waals surface area (Å²) < 4.78 is 40.1. The molecule has 0 aliphatic carbocycles. The largest absolute Gasteiger partial charge is 0.471 e. The van der Waals surface area contributed by atoms with Gasteiger partial charge in [-0.15, -0.1) is 0 Å². The highest BCUT2D eigenvalue weighted by atomic mass is 32.2. The summed E-state index contributed by atoms with van der Waals surface area (Å²) in [6.45, 7) is 4.13. The van der Waals surface area contributed by atoms with Crippen LogP contribution in [-0.2, 0) is 17.8 Å². The van der Waals surface area contributed by atoms with E-state index in [-0.39, 0.29) is 13.1 Å². The number of nitrogens with zero attached hydrogens (tertiary/aromatic N) is 1. The van der Waals surface area contributed by atoms with E-state index in [9.17, 15) is 18.0 Å². The molecule has 0 saturated carbocycles. The first kappa shape index (κ1) is 17.8. The predicted molar refractivity (Wildman–Crippen MR) is 77.9 cm³/mol. The molecule has 21 heavy (non-hydrogen) atoms. The third kappa shape index (κ3) is 4.64. The van der Waals surface area contributed by atoms with Gasteiger partial charge in [0.2, 0.25) is 0 Å². The van der Waals surface area contributed by atoms with Crippen LogP contribution in [-0.4, -0.2) is 30.6 Å². The van der Waals surface area contributed by atoms with Crippen molar-refractivity contribution in [3.63, 3.8) is 0 Å². The van der Waals surface area contributed by atoms with E-state index in [1.165, 1.54) is 11.9 Å². The normalized spacial score (nSPS) is 14.1. The zero-order valence-electron chi connectivity index (χ0n) is 12.3. The Hall–Kier alpha value is -1.21. The fourth-order valence-corrected chi connectivity index (χ4v) is 2.64. The standard InChI is InChI=1S/C12H13F3N2OS.C2H6/c1-16-19-10-3-2-8-4-5-17(7-9(8)6-10)11(18)12(13,14)15;1-2/h2-3,6,16H,4-5,7H2,1H3;1-2H3. The lowest BCUT2D eigenvalue weighted by molar-refractivity contribution is -0.186. The highest BCUT2D eigenvalue weighted by molar-refractivity contribution is 7.97. The molecule has 1 N–H and O–H groups in total. The Labute approximate surface area is 127 Å². The molecule has 1 aromatic carbocycles. The summed E-state index contributed by atoms with van der Waals surface area (Å²) in [6, 6.07) is 5.65. The monoisotopic (exact) mass is 320 g/mol. The molecule has 1 aliphatic rings. The van der Waals surface area contributed by atoms with Crippen LogP contribution in [0.25, 0.3) is 0 Å². The average molecular weight is 320 g/mol. The summed E-state index contributed by atoms with van der Waals surface area (Å²) in [5, 5.41) is 0. The van der Waals surface area contributed by atoms with Gasteiger partial charge in [-0.25, -0.2) is 0 Å². The van der Waals surface area contributed by atoms with Crippen LogP contribution in [0.4, 0.5) is 13.2 Å². The van der Waals surface area contributed by atoms with E-state index in [0.29, 0.717) is 6.42 Å². The van der Waals surface area contributed by atoms with Crippen molar-refractivity contribution in [1.29, 1.82) is 0 Å². The van der Waals surface area contributed by atoms with E-state index in [2.05, 4.69) is 4.72 Å². The SMILES string of the molecule is CC.CNSc1ccc2c(c1)CN(C(=O)C(F)(F)F)CC2.